The zero-order valence-corrected chi connectivity index (χ0v) is 22.8. The number of hydrogen-bond acceptors (Lipinski definition) is 7. The third kappa shape index (κ3) is 6.68. The predicted octanol–water partition coefficient (Wildman–Crippen LogP) is 5.13. The van der Waals surface area contributed by atoms with Crippen LogP contribution in [-0.4, -0.2) is 66.0 Å². The largest absolute Gasteiger partial charge is 0.497 e. The fraction of sp³-hybridized carbons (Fsp3) is 0.444. The molecule has 1 atom stereocenters. The number of methoxy groups -OCH3 is 1. The van der Waals surface area contributed by atoms with Crippen LogP contribution < -0.4 is 14.5 Å². The molecule has 0 N–H and O–H groups in total. The molecule has 0 spiro atoms. The molecule has 1 aliphatic heterocycles. The van der Waals surface area contributed by atoms with Gasteiger partial charge in [0.15, 0.2) is 0 Å². The second-order valence-electron chi connectivity index (χ2n) is 9.07. The molecule has 0 unspecified atom stereocenters. The lowest BCUT2D eigenvalue weighted by Crippen LogP contribution is -2.49. The summed E-state index contributed by atoms with van der Waals surface area (Å²) in [5.74, 6) is 1.81. The number of benzene rings is 2. The van der Waals surface area contributed by atoms with Crippen LogP contribution in [0.2, 0.25) is 5.02 Å². The molecule has 1 aromatic heterocycles. The molecule has 1 aliphatic rings. The molecule has 36 heavy (non-hydrogen) atoms. The zero-order chi connectivity index (χ0) is 25.5. The van der Waals surface area contributed by atoms with Crippen LogP contribution >= 0.6 is 23.1 Å². The molecule has 9 heteroatoms. The Balaban J connectivity index is 1.33. The van der Waals surface area contributed by atoms with Crippen molar-refractivity contribution in [2.24, 2.45) is 0 Å². The van der Waals surface area contributed by atoms with Gasteiger partial charge < -0.3 is 19.4 Å². The predicted molar refractivity (Wildman–Crippen MR) is 148 cm³/mol. The number of carbonyl (C=O) groups excluding carboxylic acids is 1. The van der Waals surface area contributed by atoms with Crippen molar-refractivity contribution in [2.75, 3.05) is 49.6 Å². The van der Waals surface area contributed by atoms with E-state index in [1.807, 2.05) is 41.3 Å². The molecule has 7 nitrogen and oxygen atoms in total. The van der Waals surface area contributed by atoms with Crippen LogP contribution in [0.15, 0.2) is 48.5 Å². The third-order valence-corrected chi connectivity index (χ3v) is 7.72. The van der Waals surface area contributed by atoms with Gasteiger partial charge in [-0.3, -0.25) is 4.79 Å². The Bertz CT molecular complexity index is 1150. The minimum atomic E-state index is 0.190. The van der Waals surface area contributed by atoms with Crippen molar-refractivity contribution in [3.8, 4) is 5.75 Å². The summed E-state index contributed by atoms with van der Waals surface area (Å²) in [4.78, 5) is 24.4. The van der Waals surface area contributed by atoms with Gasteiger partial charge in [-0.2, -0.15) is 4.37 Å². The molecule has 4 rings (SSSR count). The molecule has 1 saturated heterocycles. The highest BCUT2D eigenvalue weighted by atomic mass is 35.5. The third-order valence-electron chi connectivity index (χ3n) is 6.69. The molecule has 1 fully saturated rings. The Hall–Kier alpha value is -2.84. The van der Waals surface area contributed by atoms with Gasteiger partial charge in [-0.05, 0) is 49.2 Å². The number of anilines is 2. The Labute approximate surface area is 222 Å². The van der Waals surface area contributed by atoms with Crippen LogP contribution in [0.5, 0.6) is 5.75 Å². The van der Waals surface area contributed by atoms with Crippen molar-refractivity contribution in [1.29, 1.82) is 0 Å². The molecule has 2 aromatic carbocycles. The summed E-state index contributed by atoms with van der Waals surface area (Å²) in [6.07, 6.45) is 2.08. The van der Waals surface area contributed by atoms with Gasteiger partial charge in [-0.25, -0.2) is 4.98 Å². The number of nitrogens with zero attached hydrogens (tertiary/aromatic N) is 5. The highest BCUT2D eigenvalue weighted by Crippen LogP contribution is 2.24. The highest BCUT2D eigenvalue weighted by Gasteiger charge is 2.24. The topological polar surface area (TPSA) is 61.8 Å². The number of carbonyl (C=O) groups is 1. The second-order valence-corrected chi connectivity index (χ2v) is 10.2. The average Bonchev–Trinajstić information content (AvgIpc) is 3.36. The summed E-state index contributed by atoms with van der Waals surface area (Å²) >= 11 is 7.55. The Morgan fingerprint density at radius 3 is 2.67 bits per heavy atom. The van der Waals surface area contributed by atoms with Crippen LogP contribution in [0, 0.1) is 0 Å². The molecule has 3 aromatic rings. The number of piperazine rings is 1. The van der Waals surface area contributed by atoms with E-state index in [0.29, 0.717) is 19.4 Å². The zero-order valence-electron chi connectivity index (χ0n) is 21.2. The number of aromatic nitrogens is 2. The van der Waals surface area contributed by atoms with Crippen LogP contribution in [-0.2, 0) is 11.2 Å². The van der Waals surface area contributed by atoms with Crippen LogP contribution in [0.1, 0.15) is 38.1 Å². The summed E-state index contributed by atoms with van der Waals surface area (Å²) in [5.41, 5.74) is 2.22. The van der Waals surface area contributed by atoms with Gasteiger partial charge in [0.25, 0.3) is 0 Å². The molecular weight excluding hydrogens is 494 g/mol. The van der Waals surface area contributed by atoms with E-state index in [0.717, 1.165) is 65.6 Å². The number of amides is 1. The molecule has 0 bridgehead atoms. The maximum absolute atomic E-state index is 13.1. The van der Waals surface area contributed by atoms with E-state index in [-0.39, 0.29) is 11.9 Å². The first-order valence-electron chi connectivity index (χ1n) is 12.5. The Kier molecular flexibility index (Phi) is 9.04. The molecule has 0 aliphatic carbocycles. The number of ether oxygens (including phenoxy) is 1. The highest BCUT2D eigenvalue weighted by molar-refractivity contribution is 7.09. The van der Waals surface area contributed by atoms with Crippen molar-refractivity contribution >= 4 is 39.9 Å². The van der Waals surface area contributed by atoms with Crippen molar-refractivity contribution in [1.82, 2.24) is 14.3 Å². The summed E-state index contributed by atoms with van der Waals surface area (Å²) in [7, 11) is 1.67. The number of halogens is 1. The minimum absolute atomic E-state index is 0.190. The molecule has 192 valence electrons. The Morgan fingerprint density at radius 2 is 1.94 bits per heavy atom. The normalized spacial score (nSPS) is 14.6. The summed E-state index contributed by atoms with van der Waals surface area (Å²) in [6.45, 7) is 8.03. The van der Waals surface area contributed by atoms with Crippen molar-refractivity contribution < 1.29 is 9.53 Å². The van der Waals surface area contributed by atoms with Crippen LogP contribution in [0.3, 0.4) is 0 Å². The second kappa shape index (κ2) is 12.4. The van der Waals surface area contributed by atoms with Crippen molar-refractivity contribution in [3.05, 3.63) is 64.9 Å². The van der Waals surface area contributed by atoms with Gasteiger partial charge in [0, 0.05) is 73.8 Å². The van der Waals surface area contributed by atoms with E-state index in [2.05, 4.69) is 40.2 Å². The van der Waals surface area contributed by atoms with Crippen LogP contribution in [0.4, 0.5) is 10.8 Å². The van der Waals surface area contributed by atoms with Gasteiger partial charge in [0.1, 0.15) is 11.6 Å². The van der Waals surface area contributed by atoms with Gasteiger partial charge in [-0.15, -0.1) is 0 Å². The standard InChI is InChI=1S/C27H34ClN5O2S/c1-4-20(2)33(27-29-25(30-36-27)18-21-7-5-10-24(17-21)35-3)12-11-26(34)32-15-13-31(14-16-32)23-9-6-8-22(28)19-23/h5-10,17,19-20H,4,11-16,18H2,1-3H3/t20-/m0/s1. The monoisotopic (exact) mass is 527 g/mol. The number of hydrogen-bond donors (Lipinski definition) is 0. The maximum atomic E-state index is 13.1. The quantitative estimate of drug-likeness (QED) is 0.364. The molecule has 0 radical (unpaired) electrons. The average molecular weight is 528 g/mol. The first-order valence-corrected chi connectivity index (χ1v) is 13.6. The number of rotatable bonds is 10. The summed E-state index contributed by atoms with van der Waals surface area (Å²) in [5, 5.41) is 1.61. The summed E-state index contributed by atoms with van der Waals surface area (Å²) < 4.78 is 9.93. The Morgan fingerprint density at radius 1 is 1.17 bits per heavy atom. The first kappa shape index (κ1) is 26.2. The summed E-state index contributed by atoms with van der Waals surface area (Å²) in [6, 6.07) is 16.1. The van der Waals surface area contributed by atoms with E-state index in [1.165, 1.54) is 11.5 Å². The van der Waals surface area contributed by atoms with E-state index in [1.54, 1.807) is 7.11 Å². The minimum Gasteiger partial charge on any atom is -0.497 e. The molecule has 1 amide bonds. The fourth-order valence-electron chi connectivity index (χ4n) is 4.38. The van der Waals surface area contributed by atoms with Gasteiger partial charge in [-0.1, -0.05) is 36.7 Å². The van der Waals surface area contributed by atoms with Gasteiger partial charge in [0.2, 0.25) is 11.0 Å². The lowest BCUT2D eigenvalue weighted by molar-refractivity contribution is -0.131. The SMILES string of the molecule is CC[C@H](C)N(CCC(=O)N1CCN(c2cccc(Cl)c2)CC1)c1nc(Cc2cccc(OC)c2)ns1. The van der Waals surface area contributed by atoms with E-state index >= 15 is 0 Å². The van der Waals surface area contributed by atoms with Crippen LogP contribution in [0.25, 0.3) is 0 Å². The lowest BCUT2D eigenvalue weighted by atomic mass is 10.1. The van der Waals surface area contributed by atoms with E-state index < -0.39 is 0 Å². The van der Waals surface area contributed by atoms with Gasteiger partial charge >= 0.3 is 0 Å². The smallest absolute Gasteiger partial charge is 0.224 e. The van der Waals surface area contributed by atoms with Gasteiger partial charge in [0.05, 0.1) is 7.11 Å². The first-order chi connectivity index (χ1) is 17.5. The molecule has 2 heterocycles. The molecule has 0 saturated carbocycles. The van der Waals surface area contributed by atoms with E-state index in [9.17, 15) is 4.79 Å². The van der Waals surface area contributed by atoms with Crippen molar-refractivity contribution in [2.45, 2.75) is 39.2 Å². The van der Waals surface area contributed by atoms with E-state index in [4.69, 9.17) is 21.3 Å². The fourth-order valence-corrected chi connectivity index (χ4v) is 5.38. The maximum Gasteiger partial charge on any atom is 0.224 e. The molecular formula is C27H34ClN5O2S. The lowest BCUT2D eigenvalue weighted by Gasteiger charge is -2.36. The van der Waals surface area contributed by atoms with Crippen molar-refractivity contribution in [3.63, 3.8) is 0 Å².